The highest BCUT2D eigenvalue weighted by molar-refractivity contribution is 6.09. The third kappa shape index (κ3) is 1.16. The van der Waals surface area contributed by atoms with E-state index in [1.165, 1.54) is 6.92 Å². The van der Waals surface area contributed by atoms with E-state index < -0.39 is 11.9 Å². The minimum atomic E-state index is -0.833. The molecule has 3 aliphatic rings. The summed E-state index contributed by atoms with van der Waals surface area (Å²) < 4.78 is 0. The van der Waals surface area contributed by atoms with Crippen molar-refractivity contribution in [2.75, 3.05) is 0 Å². The Balaban J connectivity index is 1.95. The van der Waals surface area contributed by atoms with Gasteiger partial charge in [-0.05, 0) is 25.2 Å². The third-order valence-corrected chi connectivity index (χ3v) is 4.30. The van der Waals surface area contributed by atoms with Crippen LogP contribution in [0.4, 0.5) is 0 Å². The number of imide groups is 1. The molecule has 0 aromatic rings. The van der Waals surface area contributed by atoms with Crippen molar-refractivity contribution in [3.8, 4) is 0 Å². The number of fused-ring (bicyclic) bond motifs is 5. The van der Waals surface area contributed by atoms with Gasteiger partial charge in [-0.3, -0.25) is 19.3 Å². The summed E-state index contributed by atoms with van der Waals surface area (Å²) in [6, 6.07) is -0.833. The number of amides is 3. The zero-order valence-electron chi connectivity index (χ0n) is 9.50. The second-order valence-electron chi connectivity index (χ2n) is 5.12. The standard InChI is InChI=1S/C12H14N2O3/c1-5(10(13)15)14-11(16)8-6-2-3-7(4-6)9(8)12(14)17/h2-3,5-9H,4H2,1H3,(H2,13,15)/t5-,6+,7+,8-,9+/m0/s1. The Bertz CT molecular complexity index is 427. The molecule has 1 saturated carbocycles. The number of likely N-dealkylation sites (tertiary alicyclic amines) is 1. The zero-order chi connectivity index (χ0) is 12.3. The maximum absolute atomic E-state index is 12.2. The molecule has 0 radical (unpaired) electrons. The van der Waals surface area contributed by atoms with Crippen LogP contribution in [0.3, 0.4) is 0 Å². The number of primary amides is 1. The van der Waals surface area contributed by atoms with Gasteiger partial charge in [0.25, 0.3) is 0 Å². The molecule has 17 heavy (non-hydrogen) atoms. The average Bonchev–Trinajstić information content (AvgIpc) is 2.92. The first-order valence-corrected chi connectivity index (χ1v) is 5.87. The van der Waals surface area contributed by atoms with E-state index in [0.29, 0.717) is 0 Å². The number of nitrogens with zero attached hydrogens (tertiary/aromatic N) is 1. The molecule has 90 valence electrons. The molecule has 1 aliphatic heterocycles. The van der Waals surface area contributed by atoms with Crippen LogP contribution >= 0.6 is 0 Å². The number of carbonyl (C=O) groups is 3. The Hall–Kier alpha value is -1.65. The van der Waals surface area contributed by atoms with Crippen molar-refractivity contribution in [3.63, 3.8) is 0 Å². The van der Waals surface area contributed by atoms with Crippen LogP contribution in [0.25, 0.3) is 0 Å². The van der Waals surface area contributed by atoms with Crippen molar-refractivity contribution in [3.05, 3.63) is 12.2 Å². The molecule has 0 spiro atoms. The summed E-state index contributed by atoms with van der Waals surface area (Å²) in [6.07, 6.45) is 4.94. The maximum atomic E-state index is 12.2. The predicted octanol–water partition coefficient (Wildman–Crippen LogP) is -0.333. The maximum Gasteiger partial charge on any atom is 0.240 e. The highest BCUT2D eigenvalue weighted by atomic mass is 16.2. The lowest BCUT2D eigenvalue weighted by atomic mass is 9.85. The molecule has 2 N–H and O–H groups in total. The molecule has 2 fully saturated rings. The first kappa shape index (κ1) is 10.5. The lowest BCUT2D eigenvalue weighted by Gasteiger charge is -2.21. The molecular weight excluding hydrogens is 220 g/mol. The monoisotopic (exact) mass is 234 g/mol. The van der Waals surface area contributed by atoms with Crippen LogP contribution in [0, 0.1) is 23.7 Å². The van der Waals surface area contributed by atoms with E-state index in [-0.39, 0.29) is 35.5 Å². The molecule has 3 rings (SSSR count). The number of hydrogen-bond donors (Lipinski definition) is 1. The van der Waals surface area contributed by atoms with Crippen molar-refractivity contribution in [2.45, 2.75) is 19.4 Å². The quantitative estimate of drug-likeness (QED) is 0.524. The summed E-state index contributed by atoms with van der Waals surface area (Å²) in [6.45, 7) is 1.51. The highest BCUT2D eigenvalue weighted by Gasteiger charge is 2.60. The van der Waals surface area contributed by atoms with E-state index in [0.717, 1.165) is 11.3 Å². The fraction of sp³-hybridized carbons (Fsp3) is 0.583. The van der Waals surface area contributed by atoms with E-state index in [1.54, 1.807) is 0 Å². The van der Waals surface area contributed by atoms with Crippen molar-refractivity contribution >= 4 is 17.7 Å². The van der Waals surface area contributed by atoms with Gasteiger partial charge in [-0.25, -0.2) is 0 Å². The van der Waals surface area contributed by atoms with Gasteiger partial charge < -0.3 is 5.73 Å². The highest BCUT2D eigenvalue weighted by Crippen LogP contribution is 2.52. The van der Waals surface area contributed by atoms with Gasteiger partial charge in [0, 0.05) is 0 Å². The minimum absolute atomic E-state index is 0.173. The molecule has 2 aliphatic carbocycles. The lowest BCUT2D eigenvalue weighted by Crippen LogP contribution is -2.47. The Morgan fingerprint density at radius 1 is 1.29 bits per heavy atom. The number of rotatable bonds is 2. The number of nitrogens with two attached hydrogens (primary N) is 1. The SMILES string of the molecule is C[C@@H](C(N)=O)N1C(=O)[C@@H]2[C@H](C1=O)[C@@H]1C=C[C@@H]2C1. The molecule has 1 heterocycles. The summed E-state index contributed by atoms with van der Waals surface area (Å²) in [7, 11) is 0. The summed E-state index contributed by atoms with van der Waals surface area (Å²) in [4.78, 5) is 36.6. The van der Waals surface area contributed by atoms with E-state index in [9.17, 15) is 14.4 Å². The van der Waals surface area contributed by atoms with Gasteiger partial charge >= 0.3 is 0 Å². The first-order valence-electron chi connectivity index (χ1n) is 5.87. The van der Waals surface area contributed by atoms with Crippen LogP contribution in [-0.2, 0) is 14.4 Å². The van der Waals surface area contributed by atoms with Crippen LogP contribution in [0.2, 0.25) is 0 Å². The van der Waals surface area contributed by atoms with Crippen LogP contribution in [0.5, 0.6) is 0 Å². The van der Waals surface area contributed by atoms with Crippen molar-refractivity contribution in [1.82, 2.24) is 4.90 Å². The van der Waals surface area contributed by atoms with E-state index >= 15 is 0 Å². The van der Waals surface area contributed by atoms with Gasteiger partial charge in [0.05, 0.1) is 11.8 Å². The largest absolute Gasteiger partial charge is 0.368 e. The fourth-order valence-electron chi connectivity index (χ4n) is 3.43. The van der Waals surface area contributed by atoms with E-state index in [1.807, 2.05) is 12.2 Å². The summed E-state index contributed by atoms with van der Waals surface area (Å²) in [5, 5.41) is 0. The Labute approximate surface area is 98.6 Å². The van der Waals surface area contributed by atoms with Gasteiger partial charge in [-0.1, -0.05) is 12.2 Å². The van der Waals surface area contributed by atoms with Gasteiger partial charge in [0.1, 0.15) is 6.04 Å². The van der Waals surface area contributed by atoms with Crippen LogP contribution in [0.1, 0.15) is 13.3 Å². The number of hydrogen-bond acceptors (Lipinski definition) is 3. The van der Waals surface area contributed by atoms with Crippen molar-refractivity contribution in [2.24, 2.45) is 29.4 Å². The average molecular weight is 234 g/mol. The molecule has 0 aromatic carbocycles. The van der Waals surface area contributed by atoms with Gasteiger partial charge in [0.15, 0.2) is 0 Å². The summed E-state index contributed by atoms with van der Waals surface area (Å²) in [5.74, 6) is -1.23. The number of carbonyl (C=O) groups excluding carboxylic acids is 3. The minimum Gasteiger partial charge on any atom is -0.368 e. The first-order chi connectivity index (χ1) is 8.02. The van der Waals surface area contributed by atoms with Crippen LogP contribution in [-0.4, -0.2) is 28.7 Å². The normalized spacial score (nSPS) is 39.9. The molecule has 3 amide bonds. The third-order valence-electron chi connectivity index (χ3n) is 4.30. The molecule has 5 heteroatoms. The molecule has 2 bridgehead atoms. The predicted molar refractivity (Wildman–Crippen MR) is 58.2 cm³/mol. The second-order valence-corrected chi connectivity index (χ2v) is 5.12. The Kier molecular flexibility index (Phi) is 1.97. The lowest BCUT2D eigenvalue weighted by molar-refractivity contribution is -0.147. The molecule has 1 saturated heterocycles. The van der Waals surface area contributed by atoms with E-state index in [4.69, 9.17) is 5.73 Å². The van der Waals surface area contributed by atoms with E-state index in [2.05, 4.69) is 0 Å². The number of allylic oxidation sites excluding steroid dienone is 2. The molecule has 0 unspecified atom stereocenters. The molecular formula is C12H14N2O3. The zero-order valence-corrected chi connectivity index (χ0v) is 9.50. The Morgan fingerprint density at radius 2 is 1.76 bits per heavy atom. The van der Waals surface area contributed by atoms with Gasteiger partial charge in [-0.2, -0.15) is 0 Å². The summed E-state index contributed by atoms with van der Waals surface area (Å²) in [5.41, 5.74) is 5.17. The fourth-order valence-corrected chi connectivity index (χ4v) is 3.43. The smallest absolute Gasteiger partial charge is 0.240 e. The van der Waals surface area contributed by atoms with Gasteiger partial charge in [0.2, 0.25) is 17.7 Å². The van der Waals surface area contributed by atoms with Crippen molar-refractivity contribution < 1.29 is 14.4 Å². The molecule has 5 atom stereocenters. The molecule has 0 aromatic heterocycles. The summed E-state index contributed by atoms with van der Waals surface area (Å²) >= 11 is 0. The Morgan fingerprint density at radius 3 is 2.18 bits per heavy atom. The van der Waals surface area contributed by atoms with Crippen LogP contribution < -0.4 is 5.73 Å². The second kappa shape index (κ2) is 3.18. The van der Waals surface area contributed by atoms with Crippen LogP contribution in [0.15, 0.2) is 12.2 Å². The molecule has 5 nitrogen and oxygen atoms in total. The van der Waals surface area contributed by atoms with Gasteiger partial charge in [-0.15, -0.1) is 0 Å². The topological polar surface area (TPSA) is 80.5 Å². The van der Waals surface area contributed by atoms with Crippen molar-refractivity contribution in [1.29, 1.82) is 0 Å².